The number of pyridine rings is 1. The zero-order valence-corrected chi connectivity index (χ0v) is 13.2. The van der Waals surface area contributed by atoms with Crippen molar-refractivity contribution < 1.29 is 9.47 Å². The van der Waals surface area contributed by atoms with Crippen molar-refractivity contribution in [2.24, 2.45) is 0 Å². The Morgan fingerprint density at radius 3 is 3.09 bits per heavy atom. The van der Waals surface area contributed by atoms with Gasteiger partial charge in [0.25, 0.3) is 0 Å². The lowest BCUT2D eigenvalue weighted by atomic mass is 10.0. The molecule has 3 atom stereocenters. The predicted molar refractivity (Wildman–Crippen MR) is 83.4 cm³/mol. The highest BCUT2D eigenvalue weighted by atomic mass is 32.1. The molecule has 0 amide bonds. The molecule has 0 bridgehead atoms. The van der Waals surface area contributed by atoms with Crippen LogP contribution in [0.25, 0.3) is 0 Å². The number of nitrogens with zero attached hydrogens (tertiary/aromatic N) is 4. The minimum atomic E-state index is -0.0237. The molecule has 116 valence electrons. The Kier molecular flexibility index (Phi) is 3.67. The Morgan fingerprint density at radius 1 is 1.36 bits per heavy atom. The van der Waals surface area contributed by atoms with Gasteiger partial charge in [-0.2, -0.15) is 0 Å². The molecule has 7 heteroatoms. The number of aromatic nitrogens is 3. The summed E-state index contributed by atoms with van der Waals surface area (Å²) in [5, 5.41) is 10.4. The molecule has 2 aliphatic heterocycles. The maximum atomic E-state index is 6.08. The average Bonchev–Trinajstić information content (AvgIpc) is 3.13. The van der Waals surface area contributed by atoms with Crippen molar-refractivity contribution in [2.75, 3.05) is 18.1 Å². The van der Waals surface area contributed by atoms with E-state index in [1.807, 2.05) is 25.1 Å². The maximum Gasteiger partial charge on any atom is 0.213 e. The van der Waals surface area contributed by atoms with Gasteiger partial charge in [0.1, 0.15) is 17.2 Å². The highest BCUT2D eigenvalue weighted by Gasteiger charge is 2.46. The summed E-state index contributed by atoms with van der Waals surface area (Å²) in [6, 6.07) is 6.02. The van der Waals surface area contributed by atoms with Crippen molar-refractivity contribution in [1.82, 2.24) is 15.2 Å². The summed E-state index contributed by atoms with van der Waals surface area (Å²) in [4.78, 5) is 6.55. The molecule has 4 heterocycles. The molecule has 2 saturated heterocycles. The summed E-state index contributed by atoms with van der Waals surface area (Å²) in [6.45, 7) is 3.54. The van der Waals surface area contributed by atoms with Crippen LogP contribution in [0.1, 0.15) is 17.8 Å². The van der Waals surface area contributed by atoms with Crippen LogP contribution in [0.2, 0.25) is 0 Å². The van der Waals surface area contributed by atoms with Gasteiger partial charge in [0.2, 0.25) is 11.0 Å². The molecule has 0 aliphatic carbocycles. The number of ether oxygens (including phenoxy) is 2. The summed E-state index contributed by atoms with van der Waals surface area (Å²) < 4.78 is 12.1. The van der Waals surface area contributed by atoms with Crippen molar-refractivity contribution in [3.05, 3.63) is 29.4 Å². The monoisotopic (exact) mass is 318 g/mol. The molecule has 0 radical (unpaired) electrons. The molecule has 22 heavy (non-hydrogen) atoms. The van der Waals surface area contributed by atoms with Gasteiger partial charge in [0.15, 0.2) is 0 Å². The first-order chi connectivity index (χ1) is 10.8. The number of rotatable bonds is 3. The van der Waals surface area contributed by atoms with Gasteiger partial charge < -0.3 is 14.4 Å². The van der Waals surface area contributed by atoms with Gasteiger partial charge in [-0.3, -0.25) is 0 Å². The third kappa shape index (κ3) is 2.55. The smallest absolute Gasteiger partial charge is 0.213 e. The van der Waals surface area contributed by atoms with Crippen molar-refractivity contribution in [3.8, 4) is 5.88 Å². The third-order valence-electron chi connectivity index (χ3n) is 4.15. The van der Waals surface area contributed by atoms with Crippen LogP contribution in [-0.2, 0) is 4.74 Å². The average molecular weight is 318 g/mol. The molecule has 2 fully saturated rings. The van der Waals surface area contributed by atoms with Crippen molar-refractivity contribution in [1.29, 1.82) is 0 Å². The van der Waals surface area contributed by atoms with E-state index in [4.69, 9.17) is 9.47 Å². The van der Waals surface area contributed by atoms with Crippen molar-refractivity contribution >= 4 is 16.5 Å². The van der Waals surface area contributed by atoms with Gasteiger partial charge in [-0.05, 0) is 25.8 Å². The Labute approximate surface area is 133 Å². The summed E-state index contributed by atoms with van der Waals surface area (Å²) in [5.74, 6) is 0.649. The fraction of sp³-hybridized carbons (Fsp3) is 0.533. The molecule has 0 unspecified atom stereocenters. The number of hydrogen-bond acceptors (Lipinski definition) is 7. The molecule has 2 aromatic heterocycles. The van der Waals surface area contributed by atoms with E-state index in [-0.39, 0.29) is 12.2 Å². The highest BCUT2D eigenvalue weighted by molar-refractivity contribution is 7.15. The number of fused-ring (bicyclic) bond motifs is 1. The standard InChI is InChI=1S/C15H18N4O2S/c1-10-17-18-15(22-10)19-9-12(14-11(19)5-4-8-20-14)21-13-6-2-3-7-16-13/h2-3,6-7,11-12,14H,4-5,8-9H2,1H3/t11-,12-,14+/m1/s1. The van der Waals surface area contributed by atoms with Gasteiger partial charge in [-0.1, -0.05) is 17.4 Å². The van der Waals surface area contributed by atoms with E-state index in [9.17, 15) is 0 Å². The second kappa shape index (κ2) is 5.81. The van der Waals surface area contributed by atoms with E-state index in [2.05, 4.69) is 20.1 Å². The molecule has 6 nitrogen and oxygen atoms in total. The minimum Gasteiger partial charge on any atom is -0.470 e. The molecule has 2 aliphatic rings. The van der Waals surface area contributed by atoms with E-state index >= 15 is 0 Å². The summed E-state index contributed by atoms with van der Waals surface area (Å²) in [6.07, 6.45) is 3.97. The fourth-order valence-electron chi connectivity index (χ4n) is 3.21. The topological polar surface area (TPSA) is 60.4 Å². The third-order valence-corrected chi connectivity index (χ3v) is 5.02. The summed E-state index contributed by atoms with van der Waals surface area (Å²) >= 11 is 1.63. The van der Waals surface area contributed by atoms with Gasteiger partial charge >= 0.3 is 0 Å². The molecule has 0 aromatic carbocycles. The maximum absolute atomic E-state index is 6.08. The summed E-state index contributed by atoms with van der Waals surface area (Å²) in [5.41, 5.74) is 0. The van der Waals surface area contributed by atoms with Crippen LogP contribution < -0.4 is 9.64 Å². The zero-order valence-electron chi connectivity index (χ0n) is 12.4. The van der Waals surface area contributed by atoms with Crippen molar-refractivity contribution in [3.63, 3.8) is 0 Å². The van der Waals surface area contributed by atoms with Crippen molar-refractivity contribution in [2.45, 2.75) is 38.0 Å². The molecule has 2 aromatic rings. The number of hydrogen-bond donors (Lipinski definition) is 0. The molecular formula is C15H18N4O2S. The summed E-state index contributed by atoms with van der Waals surface area (Å²) in [7, 11) is 0. The Hall–Kier alpha value is -1.73. The van der Waals surface area contributed by atoms with Crippen LogP contribution in [0.3, 0.4) is 0 Å². The first-order valence-electron chi connectivity index (χ1n) is 7.57. The Balaban J connectivity index is 1.57. The Bertz CT molecular complexity index is 635. The van der Waals surface area contributed by atoms with E-state index in [1.165, 1.54) is 0 Å². The molecular weight excluding hydrogens is 300 g/mol. The van der Waals surface area contributed by atoms with E-state index < -0.39 is 0 Å². The van der Waals surface area contributed by atoms with E-state index in [0.717, 1.165) is 36.1 Å². The SMILES string of the molecule is Cc1nnc(N2C[C@@H](Oc3ccccn3)[C@H]3OCCC[C@H]32)s1. The van der Waals surface area contributed by atoms with Gasteiger partial charge in [0.05, 0.1) is 12.6 Å². The fourth-order valence-corrected chi connectivity index (χ4v) is 3.96. The zero-order chi connectivity index (χ0) is 14.9. The second-order valence-electron chi connectivity index (χ2n) is 5.63. The highest BCUT2D eigenvalue weighted by Crippen LogP contribution is 2.35. The van der Waals surface area contributed by atoms with Gasteiger partial charge in [-0.25, -0.2) is 4.98 Å². The van der Waals surface area contributed by atoms with Crippen LogP contribution in [-0.4, -0.2) is 46.6 Å². The molecule has 0 N–H and O–H groups in total. The molecule has 0 spiro atoms. The molecule has 0 saturated carbocycles. The predicted octanol–water partition coefficient (Wildman–Crippen LogP) is 2.06. The Morgan fingerprint density at radius 2 is 2.32 bits per heavy atom. The van der Waals surface area contributed by atoms with E-state index in [0.29, 0.717) is 11.9 Å². The lowest BCUT2D eigenvalue weighted by Crippen LogP contribution is -2.42. The lowest BCUT2D eigenvalue weighted by molar-refractivity contribution is -0.0372. The number of anilines is 1. The number of aryl methyl sites for hydroxylation is 1. The first kappa shape index (κ1) is 13.9. The van der Waals surface area contributed by atoms with Crippen LogP contribution >= 0.6 is 11.3 Å². The van der Waals surface area contributed by atoms with Gasteiger partial charge in [0, 0.05) is 18.9 Å². The van der Waals surface area contributed by atoms with Crippen LogP contribution in [0.15, 0.2) is 24.4 Å². The largest absolute Gasteiger partial charge is 0.470 e. The second-order valence-corrected chi connectivity index (χ2v) is 6.79. The molecule has 4 rings (SSSR count). The quantitative estimate of drug-likeness (QED) is 0.863. The van der Waals surface area contributed by atoms with E-state index in [1.54, 1.807) is 17.5 Å². The van der Waals surface area contributed by atoms with Gasteiger partial charge in [-0.15, -0.1) is 10.2 Å². The first-order valence-corrected chi connectivity index (χ1v) is 8.39. The minimum absolute atomic E-state index is 0.0237. The van der Waals surface area contributed by atoms with Crippen LogP contribution in [0.5, 0.6) is 5.88 Å². The van der Waals surface area contributed by atoms with Crippen LogP contribution in [0, 0.1) is 6.92 Å². The lowest BCUT2D eigenvalue weighted by Gasteiger charge is -2.31. The normalized spacial score (nSPS) is 27.7. The van der Waals surface area contributed by atoms with Crippen LogP contribution in [0.4, 0.5) is 5.13 Å².